The Balaban J connectivity index is 0.00000140. The number of aromatic nitrogens is 2. The molecule has 1 fully saturated rings. The van der Waals surface area contributed by atoms with Gasteiger partial charge in [-0.3, -0.25) is 9.89 Å². The van der Waals surface area contributed by atoms with Crippen LogP contribution in [-0.2, 0) is 0 Å². The third-order valence-electron chi connectivity index (χ3n) is 4.82. The minimum absolute atomic E-state index is 0. The minimum Gasteiger partial charge on any atom is -0.336 e. The summed E-state index contributed by atoms with van der Waals surface area (Å²) in [5, 5.41) is 11.8. The smallest absolute Gasteiger partial charge is 0.254 e. The van der Waals surface area contributed by atoms with Gasteiger partial charge < -0.3 is 10.2 Å². The van der Waals surface area contributed by atoms with Crippen molar-refractivity contribution in [3.05, 3.63) is 64.8 Å². The minimum atomic E-state index is 0. The van der Waals surface area contributed by atoms with Gasteiger partial charge in [0.05, 0.1) is 11.2 Å². The largest absolute Gasteiger partial charge is 0.336 e. The van der Waals surface area contributed by atoms with Crippen molar-refractivity contribution in [3.8, 4) is 0 Å². The molecule has 0 unspecified atom stereocenters. The summed E-state index contributed by atoms with van der Waals surface area (Å²) in [6.07, 6.45) is 4.04. The molecule has 1 aliphatic heterocycles. The van der Waals surface area contributed by atoms with Crippen LogP contribution in [0, 0.1) is 6.92 Å². The fourth-order valence-electron chi connectivity index (χ4n) is 3.36. The maximum absolute atomic E-state index is 12.7. The van der Waals surface area contributed by atoms with Crippen molar-refractivity contribution < 1.29 is 4.79 Å². The topological polar surface area (TPSA) is 61.0 Å². The highest BCUT2D eigenvalue weighted by Crippen LogP contribution is 2.19. The molecule has 0 aliphatic carbocycles. The second kappa shape index (κ2) is 9.73. The van der Waals surface area contributed by atoms with Crippen molar-refractivity contribution in [2.24, 2.45) is 0 Å². The number of rotatable bonds is 3. The number of fused-ring (bicyclic) bond motifs is 1. The zero-order valence-electron chi connectivity index (χ0n) is 15.6. The number of hydrogen-bond acceptors (Lipinski definition) is 3. The van der Waals surface area contributed by atoms with E-state index in [4.69, 9.17) is 0 Å². The van der Waals surface area contributed by atoms with E-state index in [1.54, 1.807) is 0 Å². The number of benzene rings is 2. The first-order valence-corrected chi connectivity index (χ1v) is 8.94. The van der Waals surface area contributed by atoms with Gasteiger partial charge in [-0.05, 0) is 36.3 Å². The Hall–Kier alpha value is -2.34. The van der Waals surface area contributed by atoms with Gasteiger partial charge in [-0.2, -0.15) is 5.10 Å². The van der Waals surface area contributed by atoms with Crippen LogP contribution >= 0.6 is 24.8 Å². The summed E-state index contributed by atoms with van der Waals surface area (Å²) in [6.45, 7) is 5.27. The SMILES string of the molecule is Cc1cc(/C=C/c2n[nH]c3ccccc23)ccc1C(=O)N1CCNCC1.Cl.Cl. The molecule has 1 amide bonds. The zero-order chi connectivity index (χ0) is 17.9. The Labute approximate surface area is 177 Å². The average Bonchev–Trinajstić information content (AvgIpc) is 3.10. The lowest BCUT2D eigenvalue weighted by Crippen LogP contribution is -2.46. The molecule has 1 saturated heterocycles. The quantitative estimate of drug-likeness (QED) is 0.676. The zero-order valence-corrected chi connectivity index (χ0v) is 17.3. The van der Waals surface area contributed by atoms with E-state index in [0.717, 1.165) is 59.5 Å². The number of amides is 1. The average molecular weight is 419 g/mol. The molecule has 2 heterocycles. The van der Waals surface area contributed by atoms with Crippen molar-refractivity contribution in [3.63, 3.8) is 0 Å². The molecule has 4 rings (SSSR count). The second-order valence-electron chi connectivity index (χ2n) is 6.60. The van der Waals surface area contributed by atoms with E-state index in [9.17, 15) is 4.79 Å². The molecule has 0 radical (unpaired) electrons. The maximum Gasteiger partial charge on any atom is 0.254 e. The molecule has 1 aliphatic rings. The molecule has 0 bridgehead atoms. The molecule has 148 valence electrons. The van der Waals surface area contributed by atoms with Gasteiger partial charge in [0.2, 0.25) is 0 Å². The Morgan fingerprint density at radius 3 is 2.57 bits per heavy atom. The van der Waals surface area contributed by atoms with Gasteiger partial charge in [0.15, 0.2) is 0 Å². The molecular formula is C21H24Cl2N4O. The number of aryl methyl sites for hydroxylation is 1. The molecule has 7 heteroatoms. The van der Waals surface area contributed by atoms with Gasteiger partial charge in [-0.25, -0.2) is 0 Å². The number of piperazine rings is 1. The van der Waals surface area contributed by atoms with Crippen LogP contribution < -0.4 is 5.32 Å². The normalized spacial score (nSPS) is 14.0. The summed E-state index contributed by atoms with van der Waals surface area (Å²) < 4.78 is 0. The molecule has 0 atom stereocenters. The lowest BCUT2D eigenvalue weighted by Gasteiger charge is -2.28. The van der Waals surface area contributed by atoms with Gasteiger partial charge in [0.1, 0.15) is 0 Å². The van der Waals surface area contributed by atoms with Crippen molar-refractivity contribution >= 4 is 53.8 Å². The first kappa shape index (κ1) is 22.0. The van der Waals surface area contributed by atoms with Crippen LogP contribution in [0.4, 0.5) is 0 Å². The Bertz CT molecular complexity index is 977. The molecule has 0 spiro atoms. The number of aromatic amines is 1. The highest BCUT2D eigenvalue weighted by molar-refractivity contribution is 5.96. The summed E-state index contributed by atoms with van der Waals surface area (Å²) in [4.78, 5) is 14.6. The number of halogens is 2. The van der Waals surface area contributed by atoms with Gasteiger partial charge in [0.25, 0.3) is 5.91 Å². The standard InChI is InChI=1S/C21H22N4O.2ClH/c1-15-14-16(6-8-17(15)21(26)25-12-10-22-11-13-25)7-9-20-18-4-2-3-5-19(18)23-24-20;;/h2-9,14,22H,10-13H2,1H3,(H,23,24);2*1H/b9-7+;;. The third kappa shape index (κ3) is 4.55. The number of hydrogen-bond donors (Lipinski definition) is 2. The monoisotopic (exact) mass is 418 g/mol. The first-order valence-electron chi connectivity index (χ1n) is 8.94. The van der Waals surface area contributed by atoms with Crippen molar-refractivity contribution in [1.82, 2.24) is 20.4 Å². The van der Waals surface area contributed by atoms with E-state index in [-0.39, 0.29) is 30.7 Å². The van der Waals surface area contributed by atoms with E-state index in [0.29, 0.717) is 0 Å². The van der Waals surface area contributed by atoms with Gasteiger partial charge in [0, 0.05) is 37.1 Å². The fraction of sp³-hybridized carbons (Fsp3) is 0.238. The van der Waals surface area contributed by atoms with Crippen LogP contribution in [0.25, 0.3) is 23.1 Å². The van der Waals surface area contributed by atoms with E-state index in [2.05, 4.69) is 27.6 Å². The fourth-order valence-corrected chi connectivity index (χ4v) is 3.36. The number of H-pyrrole nitrogens is 1. The maximum atomic E-state index is 12.7. The van der Waals surface area contributed by atoms with Crippen LogP contribution in [0.1, 0.15) is 27.2 Å². The first-order chi connectivity index (χ1) is 12.7. The van der Waals surface area contributed by atoms with E-state index >= 15 is 0 Å². The second-order valence-corrected chi connectivity index (χ2v) is 6.60. The Kier molecular flexibility index (Phi) is 7.63. The van der Waals surface area contributed by atoms with Crippen LogP contribution in [0.15, 0.2) is 42.5 Å². The van der Waals surface area contributed by atoms with E-state index in [1.807, 2.05) is 54.3 Å². The van der Waals surface area contributed by atoms with Gasteiger partial charge in [-0.1, -0.05) is 36.4 Å². The molecular weight excluding hydrogens is 395 g/mol. The summed E-state index contributed by atoms with van der Waals surface area (Å²) in [7, 11) is 0. The number of carbonyl (C=O) groups is 1. The molecule has 1 aromatic heterocycles. The van der Waals surface area contributed by atoms with Crippen molar-refractivity contribution in [2.75, 3.05) is 26.2 Å². The number of nitrogens with one attached hydrogen (secondary N) is 2. The van der Waals surface area contributed by atoms with Crippen LogP contribution in [-0.4, -0.2) is 47.2 Å². The summed E-state index contributed by atoms with van der Waals surface area (Å²) in [5.74, 6) is 0.123. The molecule has 5 nitrogen and oxygen atoms in total. The molecule has 2 N–H and O–H groups in total. The summed E-state index contributed by atoms with van der Waals surface area (Å²) in [5.41, 5.74) is 4.79. The van der Waals surface area contributed by atoms with Crippen molar-refractivity contribution in [1.29, 1.82) is 0 Å². The van der Waals surface area contributed by atoms with Gasteiger partial charge in [-0.15, -0.1) is 24.8 Å². The molecule has 0 saturated carbocycles. The molecule has 2 aromatic carbocycles. The highest BCUT2D eigenvalue weighted by atomic mass is 35.5. The van der Waals surface area contributed by atoms with E-state index < -0.39 is 0 Å². The van der Waals surface area contributed by atoms with Crippen LogP contribution in [0.3, 0.4) is 0 Å². The lowest BCUT2D eigenvalue weighted by molar-refractivity contribution is 0.0735. The highest BCUT2D eigenvalue weighted by Gasteiger charge is 2.19. The van der Waals surface area contributed by atoms with Gasteiger partial charge >= 0.3 is 0 Å². The Morgan fingerprint density at radius 2 is 1.82 bits per heavy atom. The molecule has 3 aromatic rings. The summed E-state index contributed by atoms with van der Waals surface area (Å²) in [6, 6.07) is 14.1. The Morgan fingerprint density at radius 1 is 1.07 bits per heavy atom. The number of para-hydroxylation sites is 1. The lowest BCUT2D eigenvalue weighted by atomic mass is 10.0. The molecule has 28 heavy (non-hydrogen) atoms. The number of nitrogens with zero attached hydrogens (tertiary/aromatic N) is 2. The number of carbonyl (C=O) groups excluding carboxylic acids is 1. The van der Waals surface area contributed by atoms with E-state index in [1.165, 1.54) is 0 Å². The predicted molar refractivity (Wildman–Crippen MR) is 119 cm³/mol. The predicted octanol–water partition coefficient (Wildman–Crippen LogP) is 3.93. The van der Waals surface area contributed by atoms with Crippen LogP contribution in [0.2, 0.25) is 0 Å². The third-order valence-corrected chi connectivity index (χ3v) is 4.82. The van der Waals surface area contributed by atoms with Crippen molar-refractivity contribution in [2.45, 2.75) is 6.92 Å². The summed E-state index contributed by atoms with van der Waals surface area (Å²) >= 11 is 0. The van der Waals surface area contributed by atoms with Crippen LogP contribution in [0.5, 0.6) is 0 Å².